The summed E-state index contributed by atoms with van der Waals surface area (Å²) in [5.41, 5.74) is 3.36. The first-order chi connectivity index (χ1) is 10.5. The predicted molar refractivity (Wildman–Crippen MR) is 86.3 cm³/mol. The zero-order valence-electron chi connectivity index (χ0n) is 13.3. The Morgan fingerprint density at radius 3 is 2.64 bits per heavy atom. The number of aromatic nitrogens is 2. The number of rotatable bonds is 6. The van der Waals surface area contributed by atoms with Gasteiger partial charge in [0.15, 0.2) is 5.69 Å². The predicted octanol–water partition coefficient (Wildman–Crippen LogP) is 2.38. The molecule has 0 aliphatic heterocycles. The summed E-state index contributed by atoms with van der Waals surface area (Å²) in [7, 11) is 0. The summed E-state index contributed by atoms with van der Waals surface area (Å²) in [5, 5.41) is 16.7. The summed E-state index contributed by atoms with van der Waals surface area (Å²) in [6, 6.07) is 9.72. The Hall–Kier alpha value is -2.14. The standard InChI is InChI=1S/C17H23N3O2/c1-4-5-15(21)11-18-17(22)16-10-13(3)20(19-16)14-8-6-12(2)7-9-14/h6-10,15,21H,4-5,11H2,1-3H3,(H,18,22). The Balaban J connectivity index is 2.09. The van der Waals surface area contributed by atoms with Crippen molar-refractivity contribution in [3.05, 3.63) is 47.3 Å². The number of hydrogen-bond donors (Lipinski definition) is 2. The van der Waals surface area contributed by atoms with Gasteiger partial charge in [-0.05, 0) is 38.5 Å². The highest BCUT2D eigenvalue weighted by molar-refractivity contribution is 5.92. The molecule has 0 saturated carbocycles. The lowest BCUT2D eigenvalue weighted by Crippen LogP contribution is -2.32. The van der Waals surface area contributed by atoms with Crippen molar-refractivity contribution < 1.29 is 9.90 Å². The topological polar surface area (TPSA) is 67.2 Å². The quantitative estimate of drug-likeness (QED) is 0.861. The molecule has 0 aliphatic carbocycles. The third-order valence-corrected chi connectivity index (χ3v) is 3.52. The number of carbonyl (C=O) groups excluding carboxylic acids is 1. The number of carbonyl (C=O) groups is 1. The van der Waals surface area contributed by atoms with Crippen LogP contribution < -0.4 is 5.32 Å². The van der Waals surface area contributed by atoms with E-state index in [1.165, 1.54) is 5.56 Å². The first-order valence-electron chi connectivity index (χ1n) is 7.61. The number of aliphatic hydroxyl groups excluding tert-OH is 1. The summed E-state index contributed by atoms with van der Waals surface area (Å²) in [6.07, 6.45) is 1.06. The average Bonchev–Trinajstić information content (AvgIpc) is 2.88. The van der Waals surface area contributed by atoms with Crippen molar-refractivity contribution in [1.29, 1.82) is 0 Å². The van der Waals surface area contributed by atoms with E-state index in [0.29, 0.717) is 12.1 Å². The Morgan fingerprint density at radius 1 is 1.32 bits per heavy atom. The summed E-state index contributed by atoms with van der Waals surface area (Å²) >= 11 is 0. The van der Waals surface area contributed by atoms with Crippen molar-refractivity contribution in [2.45, 2.75) is 39.7 Å². The van der Waals surface area contributed by atoms with Gasteiger partial charge in [0.25, 0.3) is 5.91 Å². The molecule has 1 heterocycles. The molecule has 2 aromatic rings. The molecule has 1 atom stereocenters. The van der Waals surface area contributed by atoms with Gasteiger partial charge in [0.2, 0.25) is 0 Å². The number of hydrogen-bond acceptors (Lipinski definition) is 3. The van der Waals surface area contributed by atoms with Crippen molar-refractivity contribution in [2.24, 2.45) is 0 Å². The van der Waals surface area contributed by atoms with E-state index in [-0.39, 0.29) is 12.5 Å². The van der Waals surface area contributed by atoms with Crippen LogP contribution in [0.5, 0.6) is 0 Å². The smallest absolute Gasteiger partial charge is 0.271 e. The molecule has 2 rings (SSSR count). The van der Waals surface area contributed by atoms with Gasteiger partial charge in [-0.2, -0.15) is 5.10 Å². The Morgan fingerprint density at radius 2 is 2.00 bits per heavy atom. The van der Waals surface area contributed by atoms with Gasteiger partial charge in [-0.25, -0.2) is 4.68 Å². The molecule has 0 bridgehead atoms. The van der Waals surface area contributed by atoms with E-state index in [9.17, 15) is 9.90 Å². The van der Waals surface area contributed by atoms with Gasteiger partial charge in [0.05, 0.1) is 11.8 Å². The van der Waals surface area contributed by atoms with Crippen LogP contribution in [0, 0.1) is 13.8 Å². The van der Waals surface area contributed by atoms with E-state index < -0.39 is 6.10 Å². The minimum Gasteiger partial charge on any atom is -0.391 e. The molecule has 5 heteroatoms. The van der Waals surface area contributed by atoms with Crippen molar-refractivity contribution in [3.63, 3.8) is 0 Å². The van der Waals surface area contributed by atoms with Gasteiger partial charge >= 0.3 is 0 Å². The Labute approximate surface area is 131 Å². The number of nitrogens with zero attached hydrogens (tertiary/aromatic N) is 2. The number of benzene rings is 1. The average molecular weight is 301 g/mol. The molecule has 0 aliphatic rings. The van der Waals surface area contributed by atoms with E-state index in [4.69, 9.17) is 0 Å². The Kier molecular flexibility index (Phi) is 5.33. The second kappa shape index (κ2) is 7.22. The summed E-state index contributed by atoms with van der Waals surface area (Å²) in [6.45, 7) is 6.19. The van der Waals surface area contributed by atoms with Gasteiger partial charge in [-0.3, -0.25) is 4.79 Å². The molecule has 0 radical (unpaired) electrons. The highest BCUT2D eigenvalue weighted by Gasteiger charge is 2.14. The molecular formula is C17H23N3O2. The van der Waals surface area contributed by atoms with E-state index >= 15 is 0 Å². The normalized spacial score (nSPS) is 12.2. The first kappa shape index (κ1) is 16.2. The minimum atomic E-state index is -0.505. The van der Waals surface area contributed by atoms with E-state index in [0.717, 1.165) is 17.8 Å². The van der Waals surface area contributed by atoms with E-state index in [1.807, 2.05) is 45.0 Å². The highest BCUT2D eigenvalue weighted by Crippen LogP contribution is 2.13. The van der Waals surface area contributed by atoms with Gasteiger partial charge in [0.1, 0.15) is 0 Å². The first-order valence-corrected chi connectivity index (χ1v) is 7.61. The number of aryl methyl sites for hydroxylation is 2. The maximum absolute atomic E-state index is 12.1. The van der Waals surface area contributed by atoms with Crippen LogP contribution in [-0.2, 0) is 0 Å². The molecule has 1 aromatic heterocycles. The zero-order chi connectivity index (χ0) is 16.1. The van der Waals surface area contributed by atoms with Gasteiger partial charge in [0, 0.05) is 12.2 Å². The minimum absolute atomic E-state index is 0.253. The maximum Gasteiger partial charge on any atom is 0.271 e. The molecule has 2 N–H and O–H groups in total. The third kappa shape index (κ3) is 3.95. The van der Waals surface area contributed by atoms with Gasteiger partial charge in [-0.1, -0.05) is 31.0 Å². The second-order valence-electron chi connectivity index (χ2n) is 5.57. The third-order valence-electron chi connectivity index (χ3n) is 3.52. The lowest BCUT2D eigenvalue weighted by atomic mass is 10.2. The fraction of sp³-hybridized carbons (Fsp3) is 0.412. The molecule has 118 valence electrons. The maximum atomic E-state index is 12.1. The van der Waals surface area contributed by atoms with Crippen molar-refractivity contribution in [1.82, 2.24) is 15.1 Å². The molecule has 1 amide bonds. The van der Waals surface area contributed by atoms with Crippen LogP contribution in [0.3, 0.4) is 0 Å². The molecule has 22 heavy (non-hydrogen) atoms. The van der Waals surface area contributed by atoms with Crippen LogP contribution in [0.1, 0.15) is 41.5 Å². The zero-order valence-corrected chi connectivity index (χ0v) is 13.3. The fourth-order valence-electron chi connectivity index (χ4n) is 2.27. The number of aliphatic hydroxyl groups is 1. The molecule has 1 aromatic carbocycles. The van der Waals surface area contributed by atoms with Crippen LogP contribution in [0.25, 0.3) is 5.69 Å². The van der Waals surface area contributed by atoms with Crippen molar-refractivity contribution >= 4 is 5.91 Å². The number of nitrogens with one attached hydrogen (secondary N) is 1. The van der Waals surface area contributed by atoms with Crippen LogP contribution in [-0.4, -0.2) is 33.4 Å². The summed E-state index contributed by atoms with van der Waals surface area (Å²) in [5.74, 6) is -0.260. The van der Waals surface area contributed by atoms with Crippen molar-refractivity contribution in [2.75, 3.05) is 6.54 Å². The lowest BCUT2D eigenvalue weighted by molar-refractivity contribution is 0.0905. The summed E-state index contributed by atoms with van der Waals surface area (Å²) in [4.78, 5) is 12.1. The lowest BCUT2D eigenvalue weighted by Gasteiger charge is -2.09. The Bertz CT molecular complexity index is 632. The molecule has 1 unspecified atom stereocenters. The highest BCUT2D eigenvalue weighted by atomic mass is 16.3. The fourth-order valence-corrected chi connectivity index (χ4v) is 2.27. The molecular weight excluding hydrogens is 278 g/mol. The van der Waals surface area contributed by atoms with E-state index in [1.54, 1.807) is 10.7 Å². The number of amides is 1. The molecule has 5 nitrogen and oxygen atoms in total. The molecule has 0 saturated heterocycles. The summed E-state index contributed by atoms with van der Waals surface area (Å²) < 4.78 is 1.75. The van der Waals surface area contributed by atoms with Crippen LogP contribution in [0.15, 0.2) is 30.3 Å². The second-order valence-corrected chi connectivity index (χ2v) is 5.57. The van der Waals surface area contributed by atoms with Crippen LogP contribution in [0.4, 0.5) is 0 Å². The van der Waals surface area contributed by atoms with E-state index in [2.05, 4.69) is 10.4 Å². The van der Waals surface area contributed by atoms with Crippen LogP contribution >= 0.6 is 0 Å². The monoisotopic (exact) mass is 301 g/mol. The van der Waals surface area contributed by atoms with Gasteiger partial charge in [-0.15, -0.1) is 0 Å². The largest absolute Gasteiger partial charge is 0.391 e. The molecule has 0 fully saturated rings. The van der Waals surface area contributed by atoms with Crippen molar-refractivity contribution in [3.8, 4) is 5.69 Å². The molecule has 0 spiro atoms. The SMILES string of the molecule is CCCC(O)CNC(=O)c1cc(C)n(-c2ccc(C)cc2)n1. The van der Waals surface area contributed by atoms with Gasteiger partial charge < -0.3 is 10.4 Å². The van der Waals surface area contributed by atoms with Crippen LogP contribution in [0.2, 0.25) is 0 Å².